The number of anilines is 1. The first-order valence-corrected chi connectivity index (χ1v) is 8.83. The van der Waals surface area contributed by atoms with Gasteiger partial charge in [-0.15, -0.1) is 0 Å². The van der Waals surface area contributed by atoms with Gasteiger partial charge in [-0.25, -0.2) is 10.5 Å². The maximum atomic E-state index is 12.5. The van der Waals surface area contributed by atoms with Crippen LogP contribution in [0.15, 0.2) is 48.7 Å². The number of nitrogens with zero attached hydrogens (tertiary/aromatic N) is 2. The average molecular weight is 387 g/mol. The predicted octanol–water partition coefficient (Wildman–Crippen LogP) is 2.58. The maximum absolute atomic E-state index is 12.5. The highest BCUT2D eigenvalue weighted by Crippen LogP contribution is 2.24. The van der Waals surface area contributed by atoms with E-state index in [-0.39, 0.29) is 11.9 Å². The Morgan fingerprint density at radius 3 is 2.78 bits per heavy atom. The molecule has 1 aliphatic heterocycles. The summed E-state index contributed by atoms with van der Waals surface area (Å²) in [5.41, 5.74) is 2.82. The normalized spacial score (nSPS) is 16.5. The Morgan fingerprint density at radius 1 is 1.30 bits per heavy atom. The van der Waals surface area contributed by atoms with Crippen molar-refractivity contribution in [1.29, 1.82) is 0 Å². The fourth-order valence-electron chi connectivity index (χ4n) is 2.88. The summed E-state index contributed by atoms with van der Waals surface area (Å²) >= 11 is 6.26. The number of carbonyl (C=O) groups excluding carboxylic acids is 2. The van der Waals surface area contributed by atoms with Gasteiger partial charge < -0.3 is 10.2 Å². The van der Waals surface area contributed by atoms with E-state index in [0.717, 1.165) is 6.42 Å². The van der Waals surface area contributed by atoms with Gasteiger partial charge >= 0.3 is 0 Å². The minimum atomic E-state index is -0.637. The lowest BCUT2D eigenvalue weighted by atomic mass is 10.2. The number of benzene rings is 1. The molecule has 0 saturated carbocycles. The number of hydrogen-bond acceptors (Lipinski definition) is 5. The van der Waals surface area contributed by atoms with Crippen molar-refractivity contribution >= 4 is 35.3 Å². The number of halogens is 1. The summed E-state index contributed by atoms with van der Waals surface area (Å²) in [7, 11) is 0. The number of hydrogen-bond donors (Lipinski definition) is 3. The van der Waals surface area contributed by atoms with Gasteiger partial charge in [0.05, 0.1) is 5.02 Å². The molecule has 1 fully saturated rings. The zero-order chi connectivity index (χ0) is 19.2. The van der Waals surface area contributed by atoms with Gasteiger partial charge in [0.15, 0.2) is 0 Å². The van der Waals surface area contributed by atoms with Gasteiger partial charge in [0, 0.05) is 37.0 Å². The maximum Gasteiger partial charge on any atom is 0.267 e. The number of hydroxylamine groups is 1. The van der Waals surface area contributed by atoms with Crippen LogP contribution in [0.3, 0.4) is 0 Å². The van der Waals surface area contributed by atoms with Crippen molar-refractivity contribution in [3.63, 3.8) is 0 Å². The predicted molar refractivity (Wildman–Crippen MR) is 103 cm³/mol. The van der Waals surface area contributed by atoms with E-state index in [1.165, 1.54) is 17.6 Å². The van der Waals surface area contributed by atoms with Crippen LogP contribution in [0.25, 0.3) is 6.08 Å². The Balaban J connectivity index is 1.60. The smallest absolute Gasteiger partial charge is 0.267 e. The molecule has 1 aliphatic rings. The van der Waals surface area contributed by atoms with Crippen LogP contribution in [0.2, 0.25) is 5.02 Å². The molecule has 1 atom stereocenters. The molecule has 0 radical (unpaired) electrons. The van der Waals surface area contributed by atoms with Crippen LogP contribution in [0.1, 0.15) is 22.3 Å². The first-order chi connectivity index (χ1) is 13.1. The fourth-order valence-corrected chi connectivity index (χ4v) is 3.11. The number of rotatable bonds is 5. The van der Waals surface area contributed by atoms with Crippen molar-refractivity contribution in [3.8, 4) is 0 Å². The van der Waals surface area contributed by atoms with Crippen molar-refractivity contribution in [2.45, 2.75) is 12.5 Å². The van der Waals surface area contributed by atoms with E-state index in [1.54, 1.807) is 12.3 Å². The van der Waals surface area contributed by atoms with Crippen molar-refractivity contribution < 1.29 is 14.8 Å². The fraction of sp³-hybridized carbons (Fsp3) is 0.211. The summed E-state index contributed by atoms with van der Waals surface area (Å²) in [6, 6.07) is 10.9. The number of likely N-dealkylation sites (tertiary alicyclic amines) is 1. The summed E-state index contributed by atoms with van der Waals surface area (Å²) in [5.74, 6) is -0.0940. The average Bonchev–Trinajstić information content (AvgIpc) is 3.16. The SMILES string of the molecule is O=C(/C=C/c1cnc(N[C@@H]2CCN(C(=O)c3ccccc3)C2)c(Cl)c1)NO. The quantitative estimate of drug-likeness (QED) is 0.417. The van der Waals surface area contributed by atoms with Crippen LogP contribution in [-0.4, -0.2) is 46.0 Å². The number of amides is 2. The van der Waals surface area contributed by atoms with Gasteiger partial charge in [0.2, 0.25) is 0 Å². The molecular formula is C19H19ClN4O3. The highest BCUT2D eigenvalue weighted by atomic mass is 35.5. The molecule has 0 bridgehead atoms. The number of nitrogens with one attached hydrogen (secondary N) is 2. The minimum Gasteiger partial charge on any atom is -0.364 e. The molecule has 1 aromatic heterocycles. The van der Waals surface area contributed by atoms with Crippen LogP contribution >= 0.6 is 11.6 Å². The third kappa shape index (κ3) is 4.84. The largest absolute Gasteiger partial charge is 0.364 e. The molecule has 27 heavy (non-hydrogen) atoms. The Morgan fingerprint density at radius 2 is 2.07 bits per heavy atom. The lowest BCUT2D eigenvalue weighted by Gasteiger charge is -2.18. The van der Waals surface area contributed by atoms with Crippen molar-refractivity contribution in [3.05, 3.63) is 64.8 Å². The van der Waals surface area contributed by atoms with E-state index in [1.807, 2.05) is 35.2 Å². The number of carbonyl (C=O) groups is 2. The van der Waals surface area contributed by atoms with Crippen LogP contribution in [-0.2, 0) is 4.79 Å². The molecule has 1 aromatic carbocycles. The van der Waals surface area contributed by atoms with Gasteiger partial charge in [-0.3, -0.25) is 14.8 Å². The van der Waals surface area contributed by atoms with E-state index in [0.29, 0.717) is 35.1 Å². The molecule has 3 N–H and O–H groups in total. The van der Waals surface area contributed by atoms with Gasteiger partial charge in [0.25, 0.3) is 11.8 Å². The second kappa shape index (κ2) is 8.66. The summed E-state index contributed by atoms with van der Waals surface area (Å²) in [6.07, 6.45) is 5.03. The summed E-state index contributed by atoms with van der Waals surface area (Å²) in [6.45, 7) is 1.24. The molecule has 2 heterocycles. The molecular weight excluding hydrogens is 368 g/mol. The summed E-state index contributed by atoms with van der Waals surface area (Å²) in [5, 5.41) is 12.2. The standard InChI is InChI=1S/C19H19ClN4O3/c20-16-10-13(6-7-17(25)23-27)11-21-18(16)22-15-8-9-24(12-15)19(26)14-4-2-1-3-5-14/h1-7,10-11,15,27H,8-9,12H2,(H,21,22)(H,23,25)/b7-6+/t15-/m1/s1. The molecule has 0 unspecified atom stereocenters. The first-order valence-electron chi connectivity index (χ1n) is 8.45. The van der Waals surface area contributed by atoms with E-state index in [2.05, 4.69) is 10.3 Å². The third-order valence-electron chi connectivity index (χ3n) is 4.24. The van der Waals surface area contributed by atoms with Crippen molar-refractivity contribution in [1.82, 2.24) is 15.4 Å². The second-order valence-corrected chi connectivity index (χ2v) is 6.56. The monoisotopic (exact) mass is 386 g/mol. The molecule has 7 nitrogen and oxygen atoms in total. The molecule has 2 aromatic rings. The van der Waals surface area contributed by atoms with Gasteiger partial charge in [0.1, 0.15) is 5.82 Å². The molecule has 140 valence electrons. The van der Waals surface area contributed by atoms with Crippen molar-refractivity contribution in [2.24, 2.45) is 0 Å². The molecule has 3 rings (SSSR count). The van der Waals surface area contributed by atoms with E-state index in [4.69, 9.17) is 16.8 Å². The van der Waals surface area contributed by atoms with Gasteiger partial charge in [-0.05, 0) is 36.3 Å². The molecule has 1 saturated heterocycles. The lowest BCUT2D eigenvalue weighted by Crippen LogP contribution is -2.31. The number of aromatic nitrogens is 1. The Bertz CT molecular complexity index is 857. The lowest BCUT2D eigenvalue weighted by molar-refractivity contribution is -0.124. The molecule has 2 amide bonds. The molecule has 0 aliphatic carbocycles. The topological polar surface area (TPSA) is 94.6 Å². The van der Waals surface area contributed by atoms with Crippen LogP contribution in [0.5, 0.6) is 0 Å². The first kappa shape index (κ1) is 18.9. The van der Waals surface area contributed by atoms with E-state index >= 15 is 0 Å². The number of pyridine rings is 1. The Hall–Kier alpha value is -2.90. The van der Waals surface area contributed by atoms with E-state index < -0.39 is 5.91 Å². The molecule has 8 heteroatoms. The van der Waals surface area contributed by atoms with Crippen LogP contribution in [0, 0.1) is 0 Å². The van der Waals surface area contributed by atoms with Crippen LogP contribution in [0.4, 0.5) is 5.82 Å². The summed E-state index contributed by atoms with van der Waals surface area (Å²) < 4.78 is 0. The molecule has 0 spiro atoms. The highest BCUT2D eigenvalue weighted by molar-refractivity contribution is 6.33. The van der Waals surface area contributed by atoms with Gasteiger partial charge in [-0.2, -0.15) is 0 Å². The Kier molecular flexibility index (Phi) is 6.05. The van der Waals surface area contributed by atoms with Crippen LogP contribution < -0.4 is 10.8 Å². The van der Waals surface area contributed by atoms with Gasteiger partial charge in [-0.1, -0.05) is 29.8 Å². The minimum absolute atomic E-state index is 0.0154. The Labute approximate surface area is 161 Å². The highest BCUT2D eigenvalue weighted by Gasteiger charge is 2.27. The summed E-state index contributed by atoms with van der Waals surface area (Å²) in [4.78, 5) is 29.6. The zero-order valence-electron chi connectivity index (χ0n) is 14.4. The zero-order valence-corrected chi connectivity index (χ0v) is 15.2. The third-order valence-corrected chi connectivity index (χ3v) is 4.52. The van der Waals surface area contributed by atoms with Crippen molar-refractivity contribution in [2.75, 3.05) is 18.4 Å². The van der Waals surface area contributed by atoms with E-state index in [9.17, 15) is 9.59 Å². The second-order valence-electron chi connectivity index (χ2n) is 6.16.